The molecule has 0 aromatic carbocycles. The number of amides is 3. The minimum absolute atomic E-state index is 0.0110. The van der Waals surface area contributed by atoms with Gasteiger partial charge in [0.25, 0.3) is 0 Å². The van der Waals surface area contributed by atoms with E-state index in [9.17, 15) is 9.59 Å². The molecule has 1 fully saturated rings. The summed E-state index contributed by atoms with van der Waals surface area (Å²) in [5.74, 6) is 0.506. The van der Waals surface area contributed by atoms with Crippen LogP contribution < -0.4 is 16.4 Å². The predicted molar refractivity (Wildman–Crippen MR) is 90.3 cm³/mol. The van der Waals surface area contributed by atoms with Gasteiger partial charge in [0, 0.05) is 25.7 Å². The van der Waals surface area contributed by atoms with Crippen molar-refractivity contribution >= 4 is 11.9 Å². The molecular weight excluding hydrogens is 310 g/mol. The van der Waals surface area contributed by atoms with Crippen LogP contribution >= 0.6 is 0 Å². The molecule has 0 spiro atoms. The summed E-state index contributed by atoms with van der Waals surface area (Å²) in [5, 5.41) is 5.89. The molecule has 0 unspecified atom stereocenters. The van der Waals surface area contributed by atoms with E-state index in [0.717, 1.165) is 31.7 Å². The number of furan rings is 1. The SMILES string of the molecule is CN(C)[C@H](CNC(=O)NC1CCN(CC(N)=O)CC1)c1ccco1. The van der Waals surface area contributed by atoms with Crippen LogP contribution in [0.1, 0.15) is 24.6 Å². The number of carbonyl (C=O) groups is 2. The number of likely N-dealkylation sites (N-methyl/N-ethyl adjacent to an activating group) is 1. The summed E-state index contributed by atoms with van der Waals surface area (Å²) in [6, 6.07) is 3.67. The highest BCUT2D eigenvalue weighted by atomic mass is 16.3. The van der Waals surface area contributed by atoms with E-state index in [4.69, 9.17) is 10.2 Å². The molecule has 1 aromatic heterocycles. The van der Waals surface area contributed by atoms with Crippen molar-refractivity contribution in [3.8, 4) is 0 Å². The Morgan fingerprint density at radius 3 is 2.67 bits per heavy atom. The van der Waals surface area contributed by atoms with Crippen LogP contribution in [0.4, 0.5) is 4.79 Å². The summed E-state index contributed by atoms with van der Waals surface area (Å²) < 4.78 is 5.43. The zero-order valence-corrected chi connectivity index (χ0v) is 14.3. The van der Waals surface area contributed by atoms with Crippen molar-refractivity contribution in [3.05, 3.63) is 24.2 Å². The van der Waals surface area contributed by atoms with Crippen molar-refractivity contribution in [1.82, 2.24) is 20.4 Å². The van der Waals surface area contributed by atoms with Gasteiger partial charge in [0.1, 0.15) is 5.76 Å². The number of likely N-dealkylation sites (tertiary alicyclic amines) is 1. The van der Waals surface area contributed by atoms with Crippen LogP contribution in [-0.2, 0) is 4.79 Å². The standard InChI is InChI=1S/C16H27N5O3/c1-20(2)13(14-4-3-9-24-14)10-18-16(23)19-12-5-7-21(8-6-12)11-15(17)22/h3-4,9,12-13H,5-8,10-11H2,1-2H3,(H2,17,22)(H2,18,19,23)/t13-/m1/s1. The Hall–Kier alpha value is -2.06. The van der Waals surface area contributed by atoms with Gasteiger partial charge in [-0.15, -0.1) is 0 Å². The topological polar surface area (TPSA) is 104 Å². The molecular formula is C16H27N5O3. The third kappa shape index (κ3) is 5.54. The third-order valence-corrected chi connectivity index (χ3v) is 4.25. The summed E-state index contributed by atoms with van der Waals surface area (Å²) in [4.78, 5) is 27.0. The van der Waals surface area contributed by atoms with Gasteiger partial charge in [-0.2, -0.15) is 0 Å². The second-order valence-corrected chi connectivity index (χ2v) is 6.37. The smallest absolute Gasteiger partial charge is 0.315 e. The Balaban J connectivity index is 1.72. The van der Waals surface area contributed by atoms with E-state index >= 15 is 0 Å². The molecule has 1 aliphatic rings. The van der Waals surface area contributed by atoms with Crippen LogP contribution in [0.15, 0.2) is 22.8 Å². The molecule has 0 saturated carbocycles. The van der Waals surface area contributed by atoms with Gasteiger partial charge in [-0.1, -0.05) is 0 Å². The molecule has 8 nitrogen and oxygen atoms in total. The normalized spacial score (nSPS) is 17.6. The minimum Gasteiger partial charge on any atom is -0.468 e. The fourth-order valence-corrected chi connectivity index (χ4v) is 2.90. The molecule has 8 heteroatoms. The molecule has 0 aliphatic carbocycles. The number of nitrogens with two attached hydrogens (primary N) is 1. The van der Waals surface area contributed by atoms with Crippen LogP contribution in [0.25, 0.3) is 0 Å². The molecule has 3 amide bonds. The number of urea groups is 1. The number of nitrogens with one attached hydrogen (secondary N) is 2. The van der Waals surface area contributed by atoms with E-state index in [0.29, 0.717) is 6.54 Å². The van der Waals surface area contributed by atoms with E-state index in [-0.39, 0.29) is 30.6 Å². The van der Waals surface area contributed by atoms with Gasteiger partial charge in [0.2, 0.25) is 5.91 Å². The molecule has 2 heterocycles. The van der Waals surface area contributed by atoms with E-state index in [1.54, 1.807) is 6.26 Å². The van der Waals surface area contributed by atoms with Crippen molar-refractivity contribution < 1.29 is 14.0 Å². The largest absolute Gasteiger partial charge is 0.468 e. The van der Waals surface area contributed by atoms with Gasteiger partial charge in [-0.3, -0.25) is 14.6 Å². The minimum atomic E-state index is -0.313. The lowest BCUT2D eigenvalue weighted by Crippen LogP contribution is -2.50. The lowest BCUT2D eigenvalue weighted by atomic mass is 10.1. The predicted octanol–water partition coefficient (Wildman–Crippen LogP) is 0.131. The summed E-state index contributed by atoms with van der Waals surface area (Å²) in [7, 11) is 3.89. The van der Waals surface area contributed by atoms with E-state index in [1.165, 1.54) is 0 Å². The molecule has 1 saturated heterocycles. The molecule has 0 radical (unpaired) electrons. The highest BCUT2D eigenvalue weighted by Gasteiger charge is 2.22. The number of rotatable bonds is 7. The Morgan fingerprint density at radius 2 is 2.12 bits per heavy atom. The number of carbonyl (C=O) groups excluding carboxylic acids is 2. The summed E-state index contributed by atoms with van der Waals surface area (Å²) in [6.07, 6.45) is 3.26. The number of hydrogen-bond acceptors (Lipinski definition) is 5. The molecule has 1 atom stereocenters. The lowest BCUT2D eigenvalue weighted by Gasteiger charge is -2.31. The number of piperidine rings is 1. The first kappa shape index (κ1) is 18.3. The van der Waals surface area contributed by atoms with Gasteiger partial charge in [-0.25, -0.2) is 4.79 Å². The molecule has 2 rings (SSSR count). The summed E-state index contributed by atoms with van der Waals surface area (Å²) in [6.45, 7) is 2.28. The average Bonchev–Trinajstić information content (AvgIpc) is 3.02. The summed E-state index contributed by atoms with van der Waals surface area (Å²) in [5.41, 5.74) is 5.20. The van der Waals surface area contributed by atoms with Crippen molar-refractivity contribution in [2.24, 2.45) is 5.73 Å². The first-order valence-corrected chi connectivity index (χ1v) is 8.20. The van der Waals surface area contributed by atoms with Gasteiger partial charge >= 0.3 is 6.03 Å². The quantitative estimate of drug-likeness (QED) is 0.656. The van der Waals surface area contributed by atoms with Crippen LogP contribution in [0.5, 0.6) is 0 Å². The second kappa shape index (κ2) is 8.70. The van der Waals surface area contributed by atoms with Crippen LogP contribution in [0, 0.1) is 0 Å². The van der Waals surface area contributed by atoms with Crippen molar-refractivity contribution in [2.45, 2.75) is 24.9 Å². The third-order valence-electron chi connectivity index (χ3n) is 4.25. The second-order valence-electron chi connectivity index (χ2n) is 6.37. The molecule has 1 aromatic rings. The molecule has 1 aliphatic heterocycles. The molecule has 24 heavy (non-hydrogen) atoms. The maximum atomic E-state index is 12.1. The van der Waals surface area contributed by atoms with Crippen LogP contribution in [0.3, 0.4) is 0 Å². The van der Waals surface area contributed by atoms with E-state index < -0.39 is 0 Å². The number of primary amides is 1. The monoisotopic (exact) mass is 337 g/mol. The van der Waals surface area contributed by atoms with Gasteiger partial charge in [-0.05, 0) is 39.1 Å². The molecule has 134 valence electrons. The zero-order valence-electron chi connectivity index (χ0n) is 14.3. The fraction of sp³-hybridized carbons (Fsp3) is 0.625. The highest BCUT2D eigenvalue weighted by molar-refractivity contribution is 5.76. The Kier molecular flexibility index (Phi) is 6.62. The van der Waals surface area contributed by atoms with E-state index in [1.807, 2.05) is 36.0 Å². The highest BCUT2D eigenvalue weighted by Crippen LogP contribution is 2.17. The Morgan fingerprint density at radius 1 is 1.42 bits per heavy atom. The number of hydrogen-bond donors (Lipinski definition) is 3. The maximum Gasteiger partial charge on any atom is 0.315 e. The van der Waals surface area contributed by atoms with Gasteiger partial charge in [0.05, 0.1) is 18.8 Å². The first-order valence-electron chi connectivity index (χ1n) is 8.20. The zero-order chi connectivity index (χ0) is 17.5. The van der Waals surface area contributed by atoms with Crippen molar-refractivity contribution in [2.75, 3.05) is 40.3 Å². The van der Waals surface area contributed by atoms with Gasteiger partial charge < -0.3 is 20.8 Å². The average molecular weight is 337 g/mol. The lowest BCUT2D eigenvalue weighted by molar-refractivity contribution is -0.119. The van der Waals surface area contributed by atoms with Crippen LogP contribution in [-0.4, -0.2) is 68.1 Å². The van der Waals surface area contributed by atoms with Crippen LogP contribution in [0.2, 0.25) is 0 Å². The fourth-order valence-electron chi connectivity index (χ4n) is 2.90. The maximum absolute atomic E-state index is 12.1. The Bertz CT molecular complexity index is 524. The van der Waals surface area contributed by atoms with E-state index in [2.05, 4.69) is 10.6 Å². The van der Waals surface area contributed by atoms with Crippen molar-refractivity contribution in [3.63, 3.8) is 0 Å². The number of nitrogens with zero attached hydrogens (tertiary/aromatic N) is 2. The summed E-state index contributed by atoms with van der Waals surface area (Å²) >= 11 is 0. The van der Waals surface area contributed by atoms with Crippen molar-refractivity contribution in [1.29, 1.82) is 0 Å². The first-order chi connectivity index (χ1) is 11.5. The Labute approximate surface area is 142 Å². The molecule has 0 bridgehead atoms. The van der Waals surface area contributed by atoms with Gasteiger partial charge in [0.15, 0.2) is 0 Å². The molecule has 4 N–H and O–H groups in total.